The number of hydrogen-bond donors (Lipinski definition) is 0. The van der Waals surface area contributed by atoms with Gasteiger partial charge in [-0.1, -0.05) is 6.08 Å². The van der Waals surface area contributed by atoms with Crippen LogP contribution < -0.4 is 10.3 Å². The topological polar surface area (TPSA) is 64.2 Å². The molecule has 0 atom stereocenters. The lowest BCUT2D eigenvalue weighted by atomic mass is 9.87. The van der Waals surface area contributed by atoms with Crippen molar-refractivity contribution in [2.75, 3.05) is 20.3 Å². The molecule has 0 spiro atoms. The number of hydrogen-bond acceptors (Lipinski definition) is 4. The van der Waals surface area contributed by atoms with Crippen molar-refractivity contribution in [2.45, 2.75) is 25.3 Å². The normalized spacial score (nSPS) is 15.2. The molecule has 2 aromatic rings. The average Bonchev–Trinajstić information content (AvgIpc) is 2.64. The molecule has 5 heteroatoms. The van der Waals surface area contributed by atoms with Crippen molar-refractivity contribution < 1.29 is 9.47 Å². The highest BCUT2D eigenvalue weighted by molar-refractivity contribution is 5.88. The van der Waals surface area contributed by atoms with E-state index in [-0.39, 0.29) is 11.5 Å². The van der Waals surface area contributed by atoms with Crippen LogP contribution in [0.4, 0.5) is 0 Å². The zero-order valence-corrected chi connectivity index (χ0v) is 13.7. The van der Waals surface area contributed by atoms with Crippen LogP contribution in [0.3, 0.4) is 0 Å². The van der Waals surface area contributed by atoms with Gasteiger partial charge in [0.1, 0.15) is 17.5 Å². The summed E-state index contributed by atoms with van der Waals surface area (Å²) in [5, 5.41) is 11.2. The van der Waals surface area contributed by atoms with Crippen LogP contribution in [0, 0.1) is 11.3 Å². The predicted molar refractivity (Wildman–Crippen MR) is 92.5 cm³/mol. The van der Waals surface area contributed by atoms with Gasteiger partial charge in [-0.25, -0.2) is 0 Å². The van der Waals surface area contributed by atoms with E-state index in [1.165, 1.54) is 4.57 Å². The first kappa shape index (κ1) is 16.3. The van der Waals surface area contributed by atoms with Gasteiger partial charge in [0.2, 0.25) is 0 Å². The Hall–Kier alpha value is -2.58. The van der Waals surface area contributed by atoms with Gasteiger partial charge in [0.25, 0.3) is 5.56 Å². The maximum atomic E-state index is 12.8. The zero-order chi connectivity index (χ0) is 17.1. The highest BCUT2D eigenvalue weighted by Crippen LogP contribution is 2.35. The van der Waals surface area contributed by atoms with Gasteiger partial charge in [0.15, 0.2) is 0 Å². The van der Waals surface area contributed by atoms with Crippen molar-refractivity contribution in [1.29, 1.82) is 5.26 Å². The second-order valence-electron chi connectivity index (χ2n) is 5.88. The third-order valence-electron chi connectivity index (χ3n) is 4.56. The van der Waals surface area contributed by atoms with Gasteiger partial charge in [-0.2, -0.15) is 5.26 Å². The molecular formula is C19H20N2O3. The molecule has 1 aromatic carbocycles. The van der Waals surface area contributed by atoms with E-state index in [0.717, 1.165) is 23.8 Å². The summed E-state index contributed by atoms with van der Waals surface area (Å²) in [4.78, 5) is 12.8. The summed E-state index contributed by atoms with van der Waals surface area (Å²) < 4.78 is 12.3. The van der Waals surface area contributed by atoms with Crippen molar-refractivity contribution in [3.05, 3.63) is 52.5 Å². The summed E-state index contributed by atoms with van der Waals surface area (Å²) in [7, 11) is 1.60. The summed E-state index contributed by atoms with van der Waals surface area (Å²) in [6.45, 7) is 5.37. The van der Waals surface area contributed by atoms with Gasteiger partial charge in [0, 0.05) is 25.1 Å². The number of ether oxygens (including phenoxy) is 2. The lowest BCUT2D eigenvalue weighted by Gasteiger charge is -2.26. The average molecular weight is 324 g/mol. The Balaban J connectivity index is 2.38. The number of methoxy groups -OCH3 is 1. The molecule has 0 unspecified atom stereocenters. The maximum absolute atomic E-state index is 12.8. The van der Waals surface area contributed by atoms with Crippen molar-refractivity contribution in [1.82, 2.24) is 4.57 Å². The Bertz CT molecular complexity index is 871. The van der Waals surface area contributed by atoms with Gasteiger partial charge >= 0.3 is 0 Å². The molecule has 1 fully saturated rings. The minimum absolute atomic E-state index is 0.167. The quantitative estimate of drug-likeness (QED) is 0.811. The molecule has 1 saturated heterocycles. The van der Waals surface area contributed by atoms with Gasteiger partial charge in [-0.05, 0) is 47.9 Å². The first-order valence-corrected chi connectivity index (χ1v) is 8.04. The number of allylic oxidation sites excluding steroid dienone is 1. The largest absolute Gasteiger partial charge is 0.497 e. The zero-order valence-electron chi connectivity index (χ0n) is 13.7. The van der Waals surface area contributed by atoms with Crippen molar-refractivity contribution in [3.63, 3.8) is 0 Å². The molecule has 1 aromatic heterocycles. The molecule has 1 aliphatic rings. The smallest absolute Gasteiger partial charge is 0.259 e. The lowest BCUT2D eigenvalue weighted by Crippen LogP contribution is -2.26. The molecule has 24 heavy (non-hydrogen) atoms. The Morgan fingerprint density at radius 2 is 2.17 bits per heavy atom. The van der Waals surface area contributed by atoms with Crippen LogP contribution in [0.1, 0.15) is 30.0 Å². The predicted octanol–water partition coefficient (Wildman–Crippen LogP) is 2.96. The van der Waals surface area contributed by atoms with E-state index in [2.05, 4.69) is 12.6 Å². The summed E-state index contributed by atoms with van der Waals surface area (Å²) >= 11 is 0. The van der Waals surface area contributed by atoms with E-state index in [1.54, 1.807) is 25.3 Å². The molecule has 2 heterocycles. The standard InChI is InChI=1S/C19H20N2O3/c1-3-8-21-17(12-20)18(13-6-9-24-10-7-13)16-11-14(23-2)4-5-15(16)19(21)22/h3-5,11,13H,1,6-10H2,2H3. The minimum Gasteiger partial charge on any atom is -0.497 e. The lowest BCUT2D eigenvalue weighted by molar-refractivity contribution is 0.0854. The highest BCUT2D eigenvalue weighted by Gasteiger charge is 2.25. The van der Waals surface area contributed by atoms with Crippen LogP contribution in [0.15, 0.2) is 35.6 Å². The third kappa shape index (κ3) is 2.70. The molecular weight excluding hydrogens is 304 g/mol. The maximum Gasteiger partial charge on any atom is 0.259 e. The van der Waals surface area contributed by atoms with E-state index >= 15 is 0 Å². The summed E-state index contributed by atoms with van der Waals surface area (Å²) in [6, 6.07) is 7.67. The minimum atomic E-state index is -0.167. The molecule has 0 radical (unpaired) electrons. The highest BCUT2D eigenvalue weighted by atomic mass is 16.5. The Morgan fingerprint density at radius 3 is 2.79 bits per heavy atom. The summed E-state index contributed by atoms with van der Waals surface area (Å²) in [5.74, 6) is 0.875. The van der Waals surface area contributed by atoms with Gasteiger partial charge in [0.05, 0.1) is 7.11 Å². The number of rotatable bonds is 4. The van der Waals surface area contributed by atoms with Crippen LogP contribution in [-0.2, 0) is 11.3 Å². The number of nitriles is 1. The third-order valence-corrected chi connectivity index (χ3v) is 4.56. The molecule has 1 aliphatic heterocycles. The first-order valence-electron chi connectivity index (χ1n) is 8.04. The van der Waals surface area contributed by atoms with Crippen LogP contribution in [0.5, 0.6) is 5.75 Å². The number of aromatic nitrogens is 1. The van der Waals surface area contributed by atoms with E-state index in [4.69, 9.17) is 9.47 Å². The molecule has 0 bridgehead atoms. The number of benzene rings is 1. The fourth-order valence-electron chi connectivity index (χ4n) is 3.40. The van der Waals surface area contributed by atoms with E-state index in [9.17, 15) is 10.1 Å². The number of pyridine rings is 1. The van der Waals surface area contributed by atoms with E-state index in [0.29, 0.717) is 36.6 Å². The van der Waals surface area contributed by atoms with E-state index < -0.39 is 0 Å². The van der Waals surface area contributed by atoms with Crippen molar-refractivity contribution in [2.24, 2.45) is 0 Å². The molecule has 0 N–H and O–H groups in total. The van der Waals surface area contributed by atoms with Gasteiger partial charge in [-0.3, -0.25) is 9.36 Å². The van der Waals surface area contributed by atoms with Crippen LogP contribution in [0.25, 0.3) is 10.8 Å². The fourth-order valence-corrected chi connectivity index (χ4v) is 3.40. The fraction of sp³-hybridized carbons (Fsp3) is 0.368. The Labute approximate surface area is 140 Å². The van der Waals surface area contributed by atoms with Gasteiger partial charge < -0.3 is 9.47 Å². The SMILES string of the molecule is C=CCn1c(C#N)c(C2CCOCC2)c2cc(OC)ccc2c1=O. The van der Waals surface area contributed by atoms with Crippen LogP contribution in [-0.4, -0.2) is 24.9 Å². The van der Waals surface area contributed by atoms with Crippen LogP contribution in [0.2, 0.25) is 0 Å². The molecule has 3 rings (SSSR count). The van der Waals surface area contributed by atoms with Crippen molar-refractivity contribution in [3.8, 4) is 11.8 Å². The number of nitrogens with zero attached hydrogens (tertiary/aromatic N) is 2. The number of fused-ring (bicyclic) bond motifs is 1. The summed E-state index contributed by atoms with van der Waals surface area (Å²) in [5.41, 5.74) is 1.18. The van der Waals surface area contributed by atoms with Crippen molar-refractivity contribution >= 4 is 10.8 Å². The molecule has 124 valence electrons. The second-order valence-corrected chi connectivity index (χ2v) is 5.88. The van der Waals surface area contributed by atoms with E-state index in [1.807, 2.05) is 6.07 Å². The Kier molecular flexibility index (Phi) is 4.68. The summed E-state index contributed by atoms with van der Waals surface area (Å²) in [6.07, 6.45) is 3.33. The monoisotopic (exact) mass is 324 g/mol. The second kappa shape index (κ2) is 6.90. The van der Waals surface area contributed by atoms with Gasteiger partial charge in [-0.15, -0.1) is 6.58 Å². The first-order chi connectivity index (χ1) is 11.7. The molecule has 0 saturated carbocycles. The molecule has 5 nitrogen and oxygen atoms in total. The Morgan fingerprint density at radius 1 is 1.42 bits per heavy atom. The van der Waals surface area contributed by atoms with Crippen LogP contribution >= 0.6 is 0 Å². The molecule has 0 amide bonds. The molecule has 0 aliphatic carbocycles.